The van der Waals surface area contributed by atoms with Gasteiger partial charge in [-0.05, 0) is 74.9 Å². The van der Waals surface area contributed by atoms with Gasteiger partial charge < -0.3 is 0 Å². The lowest BCUT2D eigenvalue weighted by atomic mass is 9.99. The summed E-state index contributed by atoms with van der Waals surface area (Å²) >= 11 is 0. The molecule has 0 spiro atoms. The maximum Gasteiger partial charge on any atom is -0.00994 e. The van der Waals surface area contributed by atoms with Crippen LogP contribution in [0, 0.1) is 5.92 Å². The Bertz CT molecular complexity index is 1090. The molecule has 2 aliphatic carbocycles. The van der Waals surface area contributed by atoms with Crippen LogP contribution in [-0.2, 0) is 0 Å². The molecular formula is C25H22. The van der Waals surface area contributed by atoms with E-state index in [1.807, 2.05) is 0 Å². The highest BCUT2D eigenvalue weighted by Crippen LogP contribution is 2.28. The predicted molar refractivity (Wildman–Crippen MR) is 108 cm³/mol. The number of benzene rings is 3. The van der Waals surface area contributed by atoms with Crippen LogP contribution in [0.3, 0.4) is 0 Å². The maximum absolute atomic E-state index is 2.50. The third-order valence-corrected chi connectivity index (χ3v) is 5.66. The van der Waals surface area contributed by atoms with E-state index in [0.29, 0.717) is 0 Å². The van der Waals surface area contributed by atoms with Gasteiger partial charge in [0, 0.05) is 0 Å². The highest BCUT2D eigenvalue weighted by atomic mass is 14.2. The molecule has 3 aromatic rings. The number of fused-ring (bicyclic) bond motifs is 2. The molecule has 0 radical (unpaired) electrons. The van der Waals surface area contributed by atoms with Gasteiger partial charge in [-0.15, -0.1) is 0 Å². The molecule has 0 aliphatic heterocycles. The number of hydrogen-bond donors (Lipinski definition) is 0. The molecule has 0 aromatic heterocycles. The molecule has 0 unspecified atom stereocenters. The van der Waals surface area contributed by atoms with Crippen LogP contribution >= 0.6 is 0 Å². The second-order valence-electron chi connectivity index (χ2n) is 7.37. The van der Waals surface area contributed by atoms with Crippen LogP contribution in [-0.4, -0.2) is 0 Å². The van der Waals surface area contributed by atoms with Crippen LogP contribution in [0.15, 0.2) is 72.3 Å². The van der Waals surface area contributed by atoms with E-state index >= 15 is 0 Å². The first-order chi connectivity index (χ1) is 12.4. The zero-order valence-electron chi connectivity index (χ0n) is 14.4. The molecule has 1 saturated carbocycles. The number of hydrogen-bond acceptors (Lipinski definition) is 0. The first-order valence-corrected chi connectivity index (χ1v) is 9.40. The van der Waals surface area contributed by atoms with Crippen molar-refractivity contribution in [2.45, 2.75) is 25.7 Å². The average molecular weight is 322 g/mol. The summed E-state index contributed by atoms with van der Waals surface area (Å²) in [6.07, 6.45) is 12.7. The zero-order valence-corrected chi connectivity index (χ0v) is 14.4. The average Bonchev–Trinajstić information content (AvgIpc) is 3.30. The van der Waals surface area contributed by atoms with Gasteiger partial charge in [0.05, 0.1) is 0 Å². The Morgan fingerprint density at radius 1 is 0.760 bits per heavy atom. The van der Waals surface area contributed by atoms with Crippen molar-refractivity contribution in [3.05, 3.63) is 82.8 Å². The second-order valence-corrected chi connectivity index (χ2v) is 7.37. The zero-order chi connectivity index (χ0) is 16.6. The van der Waals surface area contributed by atoms with E-state index in [1.165, 1.54) is 63.6 Å². The van der Waals surface area contributed by atoms with Crippen molar-refractivity contribution in [1.82, 2.24) is 0 Å². The minimum absolute atomic E-state index is 0.779. The molecule has 0 bridgehead atoms. The fourth-order valence-electron chi connectivity index (χ4n) is 4.36. The fraction of sp³-hybridized carbons (Fsp3) is 0.200. The van der Waals surface area contributed by atoms with Crippen molar-refractivity contribution in [3.63, 3.8) is 0 Å². The lowest BCUT2D eigenvalue weighted by Gasteiger charge is -2.05. The Labute approximate surface area is 148 Å². The SMILES string of the molecule is C(=C1C=c2cccc(-c3ccc4ccccc4c3)c2=C1)C1CCCC1. The van der Waals surface area contributed by atoms with Crippen LogP contribution < -0.4 is 10.4 Å². The van der Waals surface area contributed by atoms with Crippen molar-refractivity contribution in [3.8, 4) is 11.1 Å². The molecule has 0 N–H and O–H groups in total. The monoisotopic (exact) mass is 322 g/mol. The molecule has 2 aliphatic rings. The van der Waals surface area contributed by atoms with Crippen molar-refractivity contribution in [2.24, 2.45) is 5.92 Å². The molecule has 3 aromatic carbocycles. The fourth-order valence-corrected chi connectivity index (χ4v) is 4.36. The third kappa shape index (κ3) is 2.72. The summed E-state index contributed by atoms with van der Waals surface area (Å²) < 4.78 is 0. The second kappa shape index (κ2) is 6.04. The van der Waals surface area contributed by atoms with Crippen LogP contribution in [0.4, 0.5) is 0 Å². The van der Waals surface area contributed by atoms with Gasteiger partial charge in [0.15, 0.2) is 0 Å². The van der Waals surface area contributed by atoms with Crippen molar-refractivity contribution in [2.75, 3.05) is 0 Å². The molecule has 1 fully saturated rings. The standard InChI is InChI=1S/C25H22/c1-2-7-18(6-1)14-19-15-22-10-5-11-24(25(22)16-19)23-13-12-20-8-3-4-9-21(20)17-23/h3-5,8-18H,1-2,6-7H2. The minimum atomic E-state index is 0.779. The van der Waals surface area contributed by atoms with Crippen molar-refractivity contribution < 1.29 is 0 Å². The van der Waals surface area contributed by atoms with Gasteiger partial charge >= 0.3 is 0 Å². The lowest BCUT2D eigenvalue weighted by Crippen LogP contribution is -2.22. The van der Waals surface area contributed by atoms with Crippen molar-refractivity contribution in [1.29, 1.82) is 0 Å². The predicted octanol–water partition coefficient (Wildman–Crippen LogP) is 5.20. The summed E-state index contributed by atoms with van der Waals surface area (Å²) in [4.78, 5) is 0. The van der Waals surface area contributed by atoms with E-state index in [-0.39, 0.29) is 0 Å². The van der Waals surface area contributed by atoms with Crippen LogP contribution in [0.5, 0.6) is 0 Å². The van der Waals surface area contributed by atoms with Gasteiger partial charge in [0.25, 0.3) is 0 Å². The number of allylic oxidation sites excluding steroid dienone is 2. The molecule has 0 heteroatoms. The smallest absolute Gasteiger partial charge is 0.00994 e. The summed E-state index contributed by atoms with van der Waals surface area (Å²) in [5.74, 6) is 0.779. The Morgan fingerprint density at radius 2 is 1.60 bits per heavy atom. The van der Waals surface area contributed by atoms with Crippen LogP contribution in [0.1, 0.15) is 25.7 Å². The Balaban J connectivity index is 1.63. The van der Waals surface area contributed by atoms with E-state index in [9.17, 15) is 0 Å². The lowest BCUT2D eigenvalue weighted by molar-refractivity contribution is 0.685. The van der Waals surface area contributed by atoms with Gasteiger partial charge in [0.1, 0.15) is 0 Å². The Kier molecular flexibility index (Phi) is 3.56. The molecule has 0 amide bonds. The quantitative estimate of drug-likeness (QED) is 0.608. The molecule has 0 atom stereocenters. The minimum Gasteiger partial charge on any atom is -0.0741 e. The van der Waals surface area contributed by atoms with Gasteiger partial charge in [-0.25, -0.2) is 0 Å². The molecule has 0 nitrogen and oxygen atoms in total. The summed E-state index contributed by atoms with van der Waals surface area (Å²) in [6, 6.07) is 22.1. The van der Waals surface area contributed by atoms with Crippen molar-refractivity contribution >= 4 is 22.9 Å². The molecule has 25 heavy (non-hydrogen) atoms. The highest BCUT2D eigenvalue weighted by molar-refractivity contribution is 5.88. The molecule has 122 valence electrons. The maximum atomic E-state index is 2.50. The van der Waals surface area contributed by atoms with Crippen LogP contribution in [0.2, 0.25) is 0 Å². The van der Waals surface area contributed by atoms with Gasteiger partial charge in [-0.2, -0.15) is 0 Å². The van der Waals surface area contributed by atoms with E-state index in [0.717, 1.165) is 5.92 Å². The summed E-state index contributed by atoms with van der Waals surface area (Å²) in [5, 5.41) is 5.34. The Hall–Kier alpha value is -2.60. The van der Waals surface area contributed by atoms with Gasteiger partial charge in [-0.1, -0.05) is 73.5 Å². The molecule has 0 saturated heterocycles. The van der Waals surface area contributed by atoms with Gasteiger partial charge in [0.2, 0.25) is 0 Å². The Morgan fingerprint density at radius 3 is 2.48 bits per heavy atom. The first kappa shape index (κ1) is 14.7. The summed E-state index contributed by atoms with van der Waals surface area (Å²) in [6.45, 7) is 0. The van der Waals surface area contributed by atoms with E-state index in [1.54, 1.807) is 0 Å². The summed E-state index contributed by atoms with van der Waals surface area (Å²) in [7, 11) is 0. The largest absolute Gasteiger partial charge is 0.0741 e. The molecule has 5 rings (SSSR count). The molecular weight excluding hydrogens is 300 g/mol. The topological polar surface area (TPSA) is 0 Å². The van der Waals surface area contributed by atoms with Gasteiger partial charge in [-0.3, -0.25) is 0 Å². The van der Waals surface area contributed by atoms with E-state index in [4.69, 9.17) is 0 Å². The van der Waals surface area contributed by atoms with Crippen LogP contribution in [0.25, 0.3) is 34.1 Å². The van der Waals surface area contributed by atoms with E-state index < -0.39 is 0 Å². The highest BCUT2D eigenvalue weighted by Gasteiger charge is 2.14. The van der Waals surface area contributed by atoms with E-state index in [2.05, 4.69) is 78.9 Å². The normalized spacial score (nSPS) is 18.3. The molecule has 0 heterocycles. The first-order valence-electron chi connectivity index (χ1n) is 9.40. The third-order valence-electron chi connectivity index (χ3n) is 5.66. The summed E-state index contributed by atoms with van der Waals surface area (Å²) in [5.41, 5.74) is 4.05. The number of rotatable bonds is 2.